The Morgan fingerprint density at radius 3 is 2.52 bits per heavy atom. The number of benzene rings is 2. The van der Waals surface area contributed by atoms with Crippen molar-refractivity contribution < 1.29 is 9.47 Å². The second kappa shape index (κ2) is 5.46. The maximum atomic E-state index is 5.88. The lowest BCUT2D eigenvalue weighted by atomic mass is 10.2. The molecular weight excluding hydrogens is 290 g/mol. The molecule has 2 aromatic carbocycles. The molecule has 0 aliphatic rings. The molecule has 0 aliphatic carbocycles. The van der Waals surface area contributed by atoms with E-state index in [0.717, 1.165) is 0 Å². The number of hydrogen-bond acceptors (Lipinski definition) is 5. The normalized spacial score (nSPS) is 10.6. The first-order valence-corrected chi connectivity index (χ1v) is 6.59. The molecule has 1 aromatic heterocycles. The predicted octanol–water partition coefficient (Wildman–Crippen LogP) is 3.67. The summed E-state index contributed by atoms with van der Waals surface area (Å²) in [6, 6.07) is 12.9. The van der Waals surface area contributed by atoms with Gasteiger partial charge in [0.05, 0.1) is 12.6 Å². The third kappa shape index (κ3) is 2.68. The number of nitrogens with zero attached hydrogens (tertiary/aromatic N) is 2. The van der Waals surface area contributed by atoms with Crippen LogP contribution >= 0.6 is 11.6 Å². The predicted molar refractivity (Wildman–Crippen MR) is 82.0 cm³/mol. The fourth-order valence-corrected chi connectivity index (χ4v) is 2.17. The number of nitrogen functional groups attached to an aromatic ring is 1. The maximum Gasteiger partial charge on any atom is 0.224 e. The molecule has 0 fully saturated rings. The van der Waals surface area contributed by atoms with Gasteiger partial charge in [0.25, 0.3) is 0 Å². The molecule has 0 saturated heterocycles. The number of hydrogen-bond donors (Lipinski definition) is 1. The number of fused-ring (bicyclic) bond motifs is 1. The van der Waals surface area contributed by atoms with Crippen molar-refractivity contribution in [3.05, 3.63) is 47.7 Å². The highest BCUT2D eigenvalue weighted by Gasteiger charge is 2.12. The van der Waals surface area contributed by atoms with Gasteiger partial charge >= 0.3 is 0 Å². The number of halogens is 1. The zero-order valence-corrected chi connectivity index (χ0v) is 12.0. The number of anilines is 1. The van der Waals surface area contributed by atoms with Gasteiger partial charge in [0.15, 0.2) is 11.5 Å². The minimum atomic E-state index is 0.0961. The van der Waals surface area contributed by atoms with Crippen LogP contribution in [0.15, 0.2) is 42.5 Å². The van der Waals surface area contributed by atoms with Crippen molar-refractivity contribution in [3.63, 3.8) is 0 Å². The van der Waals surface area contributed by atoms with Crippen LogP contribution in [-0.4, -0.2) is 17.1 Å². The monoisotopic (exact) mass is 301 g/mol. The molecule has 0 aliphatic heterocycles. The Hall–Kier alpha value is -2.53. The van der Waals surface area contributed by atoms with E-state index in [1.165, 1.54) is 0 Å². The summed E-state index contributed by atoms with van der Waals surface area (Å²) in [5.41, 5.74) is 6.48. The zero-order valence-electron chi connectivity index (χ0n) is 11.2. The second-order valence-electron chi connectivity index (χ2n) is 4.31. The molecule has 6 heteroatoms. The quantitative estimate of drug-likeness (QED) is 0.747. The molecule has 0 saturated carbocycles. The van der Waals surface area contributed by atoms with Crippen molar-refractivity contribution in [2.24, 2.45) is 0 Å². The third-order valence-electron chi connectivity index (χ3n) is 2.95. The fourth-order valence-electron chi connectivity index (χ4n) is 1.99. The molecule has 3 aromatic rings. The van der Waals surface area contributed by atoms with Crippen LogP contribution in [-0.2, 0) is 0 Å². The Kier molecular flexibility index (Phi) is 3.50. The fraction of sp³-hybridized carbons (Fsp3) is 0.0667. The molecule has 0 unspecified atom stereocenters. The molecule has 0 amide bonds. The SMILES string of the molecule is COc1cc2nc(Cl)nc(N)c2cc1Oc1ccccc1. The minimum Gasteiger partial charge on any atom is -0.493 e. The Morgan fingerprint density at radius 1 is 1.05 bits per heavy atom. The molecule has 5 nitrogen and oxygen atoms in total. The van der Waals surface area contributed by atoms with Gasteiger partial charge in [-0.15, -0.1) is 0 Å². The maximum absolute atomic E-state index is 5.88. The first-order chi connectivity index (χ1) is 10.2. The molecular formula is C15H12ClN3O2. The van der Waals surface area contributed by atoms with E-state index >= 15 is 0 Å². The highest BCUT2D eigenvalue weighted by atomic mass is 35.5. The Bertz CT molecular complexity index is 794. The highest BCUT2D eigenvalue weighted by molar-refractivity contribution is 6.28. The number of ether oxygens (including phenoxy) is 2. The lowest BCUT2D eigenvalue weighted by molar-refractivity contribution is 0.379. The van der Waals surface area contributed by atoms with Gasteiger partial charge in [-0.25, -0.2) is 9.97 Å². The average Bonchev–Trinajstić information content (AvgIpc) is 2.48. The topological polar surface area (TPSA) is 70.3 Å². The van der Waals surface area contributed by atoms with Gasteiger partial charge < -0.3 is 15.2 Å². The summed E-state index contributed by atoms with van der Waals surface area (Å²) in [4.78, 5) is 8.07. The van der Waals surface area contributed by atoms with Crippen LogP contribution in [0.5, 0.6) is 17.2 Å². The molecule has 1 heterocycles. The van der Waals surface area contributed by atoms with Crippen molar-refractivity contribution in [3.8, 4) is 17.2 Å². The first-order valence-electron chi connectivity index (χ1n) is 6.21. The lowest BCUT2D eigenvalue weighted by Gasteiger charge is -2.12. The van der Waals surface area contributed by atoms with E-state index in [9.17, 15) is 0 Å². The largest absolute Gasteiger partial charge is 0.493 e. The molecule has 2 N–H and O–H groups in total. The number of aromatic nitrogens is 2. The smallest absolute Gasteiger partial charge is 0.224 e. The van der Waals surface area contributed by atoms with Crippen molar-refractivity contribution in [2.45, 2.75) is 0 Å². The van der Waals surface area contributed by atoms with E-state index < -0.39 is 0 Å². The first kappa shape index (κ1) is 13.5. The van der Waals surface area contributed by atoms with Gasteiger partial charge in [-0.2, -0.15) is 0 Å². The molecule has 106 valence electrons. The average molecular weight is 302 g/mol. The molecule has 0 spiro atoms. The van der Waals surface area contributed by atoms with Gasteiger partial charge in [0.1, 0.15) is 11.6 Å². The summed E-state index contributed by atoms with van der Waals surface area (Å²) < 4.78 is 11.2. The van der Waals surface area contributed by atoms with Crippen molar-refractivity contribution >= 4 is 28.3 Å². The molecule has 0 bridgehead atoms. The van der Waals surface area contributed by atoms with Crippen molar-refractivity contribution in [1.29, 1.82) is 0 Å². The van der Waals surface area contributed by atoms with Crippen molar-refractivity contribution in [1.82, 2.24) is 9.97 Å². The Morgan fingerprint density at radius 2 is 1.81 bits per heavy atom. The van der Waals surface area contributed by atoms with E-state index in [1.807, 2.05) is 30.3 Å². The van der Waals surface area contributed by atoms with Gasteiger partial charge in [-0.05, 0) is 29.8 Å². The molecule has 3 rings (SSSR count). The van der Waals surface area contributed by atoms with Gasteiger partial charge in [0.2, 0.25) is 5.28 Å². The Labute approximate surface area is 126 Å². The van der Waals surface area contributed by atoms with E-state index in [0.29, 0.717) is 34.0 Å². The summed E-state index contributed by atoms with van der Waals surface area (Å²) in [5, 5.41) is 0.755. The Balaban J connectivity index is 2.13. The highest BCUT2D eigenvalue weighted by Crippen LogP contribution is 2.36. The minimum absolute atomic E-state index is 0.0961. The number of rotatable bonds is 3. The zero-order chi connectivity index (χ0) is 14.8. The summed E-state index contributed by atoms with van der Waals surface area (Å²) in [6.45, 7) is 0. The van der Waals surface area contributed by atoms with Gasteiger partial charge in [-0.1, -0.05) is 18.2 Å². The van der Waals surface area contributed by atoms with Crippen LogP contribution in [0, 0.1) is 0 Å². The number of methoxy groups -OCH3 is 1. The van der Waals surface area contributed by atoms with Crippen LogP contribution in [0.1, 0.15) is 0 Å². The van der Waals surface area contributed by atoms with Crippen LogP contribution < -0.4 is 15.2 Å². The summed E-state index contributed by atoms with van der Waals surface area (Å²) >= 11 is 5.81. The van der Waals surface area contributed by atoms with Crippen LogP contribution in [0.25, 0.3) is 10.9 Å². The van der Waals surface area contributed by atoms with E-state index in [2.05, 4.69) is 9.97 Å². The second-order valence-corrected chi connectivity index (χ2v) is 4.65. The van der Waals surface area contributed by atoms with Gasteiger partial charge in [0, 0.05) is 11.5 Å². The van der Waals surface area contributed by atoms with Crippen LogP contribution in [0.2, 0.25) is 5.28 Å². The van der Waals surface area contributed by atoms with Gasteiger partial charge in [-0.3, -0.25) is 0 Å². The summed E-state index contributed by atoms with van der Waals surface area (Å²) in [6.07, 6.45) is 0. The van der Waals surface area contributed by atoms with E-state index in [1.54, 1.807) is 19.2 Å². The standard InChI is InChI=1S/C15H12ClN3O2/c1-20-12-8-11-10(14(17)19-15(16)18-11)7-13(12)21-9-5-3-2-4-6-9/h2-8H,1H3,(H2,17,18,19). The lowest BCUT2D eigenvalue weighted by Crippen LogP contribution is -1.97. The van der Waals surface area contributed by atoms with Crippen molar-refractivity contribution in [2.75, 3.05) is 12.8 Å². The van der Waals surface area contributed by atoms with Crippen LogP contribution in [0.3, 0.4) is 0 Å². The number of para-hydroxylation sites is 1. The molecule has 0 radical (unpaired) electrons. The van der Waals surface area contributed by atoms with E-state index in [-0.39, 0.29) is 5.28 Å². The summed E-state index contributed by atoms with van der Waals surface area (Å²) in [7, 11) is 1.56. The molecule has 21 heavy (non-hydrogen) atoms. The molecule has 0 atom stereocenters. The summed E-state index contributed by atoms with van der Waals surface area (Å²) in [5.74, 6) is 2.07. The van der Waals surface area contributed by atoms with E-state index in [4.69, 9.17) is 26.8 Å². The number of nitrogens with two attached hydrogens (primary N) is 1. The third-order valence-corrected chi connectivity index (χ3v) is 3.12. The van der Waals surface area contributed by atoms with Crippen LogP contribution in [0.4, 0.5) is 5.82 Å².